The topological polar surface area (TPSA) is 66.6 Å². The molecule has 126 valence electrons. The zero-order valence-electron chi connectivity index (χ0n) is 13.2. The summed E-state index contributed by atoms with van der Waals surface area (Å²) in [5.41, 5.74) is 1.11. The van der Waals surface area contributed by atoms with Crippen molar-refractivity contribution >= 4 is 17.6 Å². The number of aromatic nitrogens is 1. The maximum absolute atomic E-state index is 11.8. The lowest BCUT2D eigenvalue weighted by atomic mass is 9.81. The molecule has 4 rings (SSSR count). The lowest BCUT2D eigenvalue weighted by molar-refractivity contribution is -0.149. The van der Waals surface area contributed by atoms with E-state index < -0.39 is 11.4 Å². The number of benzene rings is 1. The number of oxazole rings is 1. The van der Waals surface area contributed by atoms with Gasteiger partial charge in [-0.1, -0.05) is 24.1 Å². The molecule has 5 nitrogen and oxygen atoms in total. The van der Waals surface area contributed by atoms with Gasteiger partial charge in [-0.2, -0.15) is 0 Å². The van der Waals surface area contributed by atoms with E-state index in [9.17, 15) is 9.90 Å². The molecule has 1 saturated carbocycles. The Morgan fingerprint density at radius 1 is 1.50 bits per heavy atom. The van der Waals surface area contributed by atoms with Crippen LogP contribution in [0.2, 0.25) is 5.02 Å². The third-order valence-electron chi connectivity index (χ3n) is 5.38. The van der Waals surface area contributed by atoms with E-state index in [1.807, 2.05) is 24.3 Å². The first-order valence-electron chi connectivity index (χ1n) is 8.23. The number of carboxylic acid groups (broad SMARTS) is 1. The molecule has 0 radical (unpaired) electrons. The van der Waals surface area contributed by atoms with Crippen molar-refractivity contribution in [1.29, 1.82) is 0 Å². The number of halogens is 1. The van der Waals surface area contributed by atoms with Gasteiger partial charge < -0.3 is 9.52 Å². The fraction of sp³-hybridized carbons (Fsp3) is 0.444. The third kappa shape index (κ3) is 2.62. The molecule has 1 aromatic carbocycles. The maximum Gasteiger partial charge on any atom is 0.311 e. The fourth-order valence-corrected chi connectivity index (χ4v) is 4.42. The summed E-state index contributed by atoms with van der Waals surface area (Å²) in [6.07, 6.45) is 4.47. The van der Waals surface area contributed by atoms with Crippen LogP contribution in [0.4, 0.5) is 0 Å². The van der Waals surface area contributed by atoms with Crippen LogP contribution < -0.4 is 0 Å². The molecule has 1 aliphatic heterocycles. The Bertz CT molecular complexity index is 775. The van der Waals surface area contributed by atoms with Gasteiger partial charge in [0.25, 0.3) is 0 Å². The van der Waals surface area contributed by atoms with E-state index in [2.05, 4.69) is 9.88 Å². The van der Waals surface area contributed by atoms with E-state index >= 15 is 0 Å². The first kappa shape index (κ1) is 15.7. The predicted molar refractivity (Wildman–Crippen MR) is 89.6 cm³/mol. The molecule has 2 fully saturated rings. The number of likely N-dealkylation sites (tertiary alicyclic amines) is 1. The van der Waals surface area contributed by atoms with Crippen molar-refractivity contribution in [2.24, 2.45) is 11.3 Å². The van der Waals surface area contributed by atoms with E-state index in [-0.39, 0.29) is 5.92 Å². The highest BCUT2D eigenvalue weighted by Gasteiger charge is 2.54. The summed E-state index contributed by atoms with van der Waals surface area (Å²) >= 11 is 6.01. The van der Waals surface area contributed by atoms with Crippen molar-refractivity contribution in [3.05, 3.63) is 41.2 Å². The van der Waals surface area contributed by atoms with Gasteiger partial charge in [0, 0.05) is 30.2 Å². The number of carbonyl (C=O) groups is 1. The van der Waals surface area contributed by atoms with Gasteiger partial charge in [-0.15, -0.1) is 0 Å². The second-order valence-corrected chi connectivity index (χ2v) is 7.31. The SMILES string of the molecule is O=C(O)[C@@]12CCC[C@H]1CN(Cc1coc(-c3cccc(Cl)c3)n1)C2. The molecule has 0 spiro atoms. The Labute approximate surface area is 145 Å². The van der Waals surface area contributed by atoms with Gasteiger partial charge in [-0.25, -0.2) is 4.98 Å². The van der Waals surface area contributed by atoms with Gasteiger partial charge in [-0.05, 0) is 37.0 Å². The van der Waals surface area contributed by atoms with Crippen LogP contribution in [0.15, 0.2) is 34.9 Å². The van der Waals surface area contributed by atoms with Crippen molar-refractivity contribution in [1.82, 2.24) is 9.88 Å². The van der Waals surface area contributed by atoms with E-state index in [4.69, 9.17) is 16.0 Å². The van der Waals surface area contributed by atoms with E-state index in [1.54, 1.807) is 6.26 Å². The summed E-state index contributed by atoms with van der Waals surface area (Å²) in [5.74, 6) is 0.154. The molecule has 1 aromatic heterocycles. The van der Waals surface area contributed by atoms with E-state index in [1.165, 1.54) is 0 Å². The van der Waals surface area contributed by atoms with Crippen LogP contribution in [0, 0.1) is 11.3 Å². The van der Waals surface area contributed by atoms with Gasteiger partial charge in [-0.3, -0.25) is 9.69 Å². The van der Waals surface area contributed by atoms with Crippen LogP contribution in [0.3, 0.4) is 0 Å². The monoisotopic (exact) mass is 346 g/mol. The summed E-state index contributed by atoms with van der Waals surface area (Å²) in [7, 11) is 0. The minimum Gasteiger partial charge on any atom is -0.481 e. The lowest BCUT2D eigenvalue weighted by Gasteiger charge is -2.23. The summed E-state index contributed by atoms with van der Waals surface area (Å²) in [6, 6.07) is 7.39. The largest absolute Gasteiger partial charge is 0.481 e. The number of hydrogen-bond acceptors (Lipinski definition) is 4. The lowest BCUT2D eigenvalue weighted by Crippen LogP contribution is -2.35. The summed E-state index contributed by atoms with van der Waals surface area (Å²) in [4.78, 5) is 18.5. The van der Waals surface area contributed by atoms with E-state index in [0.29, 0.717) is 24.0 Å². The molecular weight excluding hydrogens is 328 g/mol. The molecule has 2 heterocycles. The minimum absolute atomic E-state index is 0.259. The van der Waals surface area contributed by atoms with Gasteiger partial charge in [0.05, 0.1) is 11.1 Å². The number of carboxylic acids is 1. The van der Waals surface area contributed by atoms with Crippen molar-refractivity contribution in [3.63, 3.8) is 0 Å². The van der Waals surface area contributed by atoms with Crippen molar-refractivity contribution in [2.45, 2.75) is 25.8 Å². The number of hydrogen-bond donors (Lipinski definition) is 1. The molecule has 1 saturated heterocycles. The Morgan fingerprint density at radius 3 is 3.12 bits per heavy atom. The average molecular weight is 347 g/mol. The minimum atomic E-state index is -0.646. The molecule has 6 heteroatoms. The van der Waals surface area contributed by atoms with E-state index in [0.717, 1.165) is 37.1 Å². The first-order chi connectivity index (χ1) is 11.6. The standard InChI is InChI=1S/C18H19ClN2O3/c19-14-5-1-3-12(7-14)16-20-15(10-24-16)9-21-8-13-4-2-6-18(13,11-21)17(22)23/h1,3,5,7,10,13H,2,4,6,8-9,11H2,(H,22,23)/t13-,18+/m0/s1. The quantitative estimate of drug-likeness (QED) is 0.914. The zero-order chi connectivity index (χ0) is 16.7. The third-order valence-corrected chi connectivity index (χ3v) is 5.61. The highest BCUT2D eigenvalue weighted by molar-refractivity contribution is 6.30. The molecule has 2 aliphatic rings. The zero-order valence-corrected chi connectivity index (χ0v) is 14.0. The van der Waals surface area contributed by atoms with Gasteiger partial charge >= 0.3 is 5.97 Å². The average Bonchev–Trinajstić information content (AvgIpc) is 3.21. The Hall–Kier alpha value is -1.85. The van der Waals surface area contributed by atoms with Crippen molar-refractivity contribution in [3.8, 4) is 11.5 Å². The van der Waals surface area contributed by atoms with Crippen LogP contribution in [-0.2, 0) is 11.3 Å². The number of aliphatic carboxylic acids is 1. The molecule has 2 atom stereocenters. The predicted octanol–water partition coefficient (Wildman–Crippen LogP) is 3.68. The molecule has 1 N–H and O–H groups in total. The number of nitrogens with zero attached hydrogens (tertiary/aromatic N) is 2. The number of fused-ring (bicyclic) bond motifs is 1. The second-order valence-electron chi connectivity index (χ2n) is 6.87. The Balaban J connectivity index is 1.48. The van der Waals surface area contributed by atoms with Crippen LogP contribution in [0.5, 0.6) is 0 Å². The van der Waals surface area contributed by atoms with Gasteiger partial charge in [0.2, 0.25) is 5.89 Å². The van der Waals surface area contributed by atoms with Crippen LogP contribution in [0.25, 0.3) is 11.5 Å². The summed E-state index contributed by atoms with van der Waals surface area (Å²) in [6.45, 7) is 2.05. The summed E-state index contributed by atoms with van der Waals surface area (Å²) in [5, 5.41) is 10.3. The highest BCUT2D eigenvalue weighted by atomic mass is 35.5. The van der Waals surface area contributed by atoms with Gasteiger partial charge in [0.1, 0.15) is 6.26 Å². The molecule has 1 aliphatic carbocycles. The fourth-order valence-electron chi connectivity index (χ4n) is 4.23. The Morgan fingerprint density at radius 2 is 2.38 bits per heavy atom. The first-order valence-corrected chi connectivity index (χ1v) is 8.61. The van der Waals surface area contributed by atoms with Crippen LogP contribution in [-0.4, -0.2) is 34.0 Å². The smallest absolute Gasteiger partial charge is 0.311 e. The molecule has 2 aromatic rings. The maximum atomic E-state index is 11.8. The van der Waals surface area contributed by atoms with Crippen molar-refractivity contribution < 1.29 is 14.3 Å². The molecule has 0 unspecified atom stereocenters. The molecule has 0 amide bonds. The number of rotatable bonds is 4. The second kappa shape index (κ2) is 5.90. The summed E-state index contributed by atoms with van der Waals surface area (Å²) < 4.78 is 5.57. The molecule has 24 heavy (non-hydrogen) atoms. The normalized spacial score (nSPS) is 26.6. The molecular formula is C18H19ClN2O3. The van der Waals surface area contributed by atoms with Crippen LogP contribution >= 0.6 is 11.6 Å². The van der Waals surface area contributed by atoms with Crippen molar-refractivity contribution in [2.75, 3.05) is 13.1 Å². The van der Waals surface area contributed by atoms with Crippen LogP contribution in [0.1, 0.15) is 25.0 Å². The Kier molecular flexibility index (Phi) is 3.85. The highest BCUT2D eigenvalue weighted by Crippen LogP contribution is 2.49. The van der Waals surface area contributed by atoms with Gasteiger partial charge in [0.15, 0.2) is 0 Å². The molecule has 0 bridgehead atoms.